The molecular formula is C28H29FN8O3Si. The number of hydrogen-bond acceptors (Lipinski definition) is 8. The summed E-state index contributed by atoms with van der Waals surface area (Å²) in [6.45, 7) is 8.14. The molecule has 13 heteroatoms. The molecule has 41 heavy (non-hydrogen) atoms. The standard InChI is InChI=1S/C28H29FN8O3Si/c1-41(2,3)13-12-39-18-35-17-31-26(34-35)20-6-4-19(5-7-20)22-15-32-36-11-10-25(33-27(22)36)37-24(16-40-28(37)38)23-9-8-21(29)14-30-23/h4-11,14-15,17,24H,12-13,16,18H2,1-3H3/t24-/m1/s1. The molecule has 1 atom stereocenters. The summed E-state index contributed by atoms with van der Waals surface area (Å²) in [7, 11) is -1.14. The fraction of sp³-hybridized carbons (Fsp3) is 0.286. The summed E-state index contributed by atoms with van der Waals surface area (Å²) in [4.78, 5) is 27.4. The van der Waals surface area contributed by atoms with Crippen molar-refractivity contribution >= 4 is 25.6 Å². The fourth-order valence-corrected chi connectivity index (χ4v) is 5.26. The predicted octanol–water partition coefficient (Wildman–Crippen LogP) is 5.20. The maximum Gasteiger partial charge on any atom is 0.416 e. The lowest BCUT2D eigenvalue weighted by Gasteiger charge is -2.20. The summed E-state index contributed by atoms with van der Waals surface area (Å²) < 4.78 is 27.8. The second-order valence-corrected chi connectivity index (χ2v) is 16.6. The molecule has 0 bridgehead atoms. The number of aromatic nitrogens is 7. The van der Waals surface area contributed by atoms with Gasteiger partial charge >= 0.3 is 6.09 Å². The topological polar surface area (TPSA) is 113 Å². The number of benzene rings is 1. The van der Waals surface area contributed by atoms with Gasteiger partial charge in [0.05, 0.1) is 18.1 Å². The first kappa shape index (κ1) is 26.7. The third kappa shape index (κ3) is 5.72. The van der Waals surface area contributed by atoms with Gasteiger partial charge < -0.3 is 9.47 Å². The highest BCUT2D eigenvalue weighted by Gasteiger charge is 2.37. The normalized spacial score (nSPS) is 15.6. The summed E-state index contributed by atoms with van der Waals surface area (Å²) in [5.74, 6) is 0.543. The Morgan fingerprint density at radius 3 is 2.61 bits per heavy atom. The average molecular weight is 573 g/mol. The summed E-state index contributed by atoms with van der Waals surface area (Å²) in [5.41, 5.74) is 3.63. The van der Waals surface area contributed by atoms with E-state index in [4.69, 9.17) is 14.5 Å². The number of halogens is 1. The molecule has 5 heterocycles. The van der Waals surface area contributed by atoms with E-state index >= 15 is 0 Å². The molecule has 0 unspecified atom stereocenters. The zero-order valence-corrected chi connectivity index (χ0v) is 23.9. The van der Waals surface area contributed by atoms with Gasteiger partial charge in [0, 0.05) is 32.0 Å². The van der Waals surface area contributed by atoms with Crippen molar-refractivity contribution in [2.45, 2.75) is 38.5 Å². The third-order valence-corrected chi connectivity index (χ3v) is 8.48. The molecule has 210 valence electrons. The highest BCUT2D eigenvalue weighted by molar-refractivity contribution is 6.76. The lowest BCUT2D eigenvalue weighted by Crippen LogP contribution is -2.28. The molecule has 1 aliphatic heterocycles. The van der Waals surface area contributed by atoms with Crippen LogP contribution in [-0.2, 0) is 16.2 Å². The molecule has 1 aromatic carbocycles. The summed E-state index contributed by atoms with van der Waals surface area (Å²) in [6, 6.07) is 12.9. The van der Waals surface area contributed by atoms with Crippen LogP contribution in [0.25, 0.3) is 28.2 Å². The van der Waals surface area contributed by atoms with Crippen molar-refractivity contribution in [1.82, 2.24) is 34.3 Å². The number of pyridine rings is 1. The van der Waals surface area contributed by atoms with E-state index in [1.807, 2.05) is 24.3 Å². The molecule has 1 saturated heterocycles. The number of cyclic esters (lactones) is 1. The van der Waals surface area contributed by atoms with E-state index in [-0.39, 0.29) is 6.61 Å². The molecule has 5 aromatic rings. The molecular weight excluding hydrogens is 543 g/mol. The zero-order valence-electron chi connectivity index (χ0n) is 22.9. The second-order valence-electron chi connectivity index (χ2n) is 11.0. The summed E-state index contributed by atoms with van der Waals surface area (Å²) in [5, 5.41) is 8.97. The third-order valence-electron chi connectivity index (χ3n) is 6.78. The molecule has 1 aliphatic rings. The van der Waals surface area contributed by atoms with Gasteiger partial charge in [-0.3, -0.25) is 4.98 Å². The van der Waals surface area contributed by atoms with Crippen LogP contribution < -0.4 is 4.90 Å². The molecule has 0 saturated carbocycles. The lowest BCUT2D eigenvalue weighted by molar-refractivity contribution is 0.0785. The van der Waals surface area contributed by atoms with E-state index in [9.17, 15) is 9.18 Å². The molecule has 4 aromatic heterocycles. The first-order valence-electron chi connectivity index (χ1n) is 13.2. The van der Waals surface area contributed by atoms with Gasteiger partial charge in [-0.2, -0.15) is 5.10 Å². The maximum absolute atomic E-state index is 13.4. The number of ether oxygens (including phenoxy) is 2. The van der Waals surface area contributed by atoms with Gasteiger partial charge in [0.1, 0.15) is 37.3 Å². The number of fused-ring (bicyclic) bond motifs is 1. The lowest BCUT2D eigenvalue weighted by atomic mass is 10.1. The van der Waals surface area contributed by atoms with Crippen molar-refractivity contribution in [3.8, 4) is 22.5 Å². The van der Waals surface area contributed by atoms with E-state index in [2.05, 4.69) is 39.8 Å². The van der Waals surface area contributed by atoms with Crippen molar-refractivity contribution < 1.29 is 18.7 Å². The van der Waals surface area contributed by atoms with Gasteiger partial charge in [0.25, 0.3) is 0 Å². The monoisotopic (exact) mass is 572 g/mol. The van der Waals surface area contributed by atoms with Crippen LogP contribution in [0.2, 0.25) is 25.7 Å². The fourth-order valence-electron chi connectivity index (χ4n) is 4.50. The van der Waals surface area contributed by atoms with Crippen LogP contribution in [0.15, 0.2) is 67.4 Å². The van der Waals surface area contributed by atoms with E-state index in [0.29, 0.717) is 29.7 Å². The van der Waals surface area contributed by atoms with Crippen molar-refractivity contribution in [3.05, 3.63) is 78.9 Å². The Morgan fingerprint density at radius 1 is 1.05 bits per heavy atom. The molecule has 6 rings (SSSR count). The number of rotatable bonds is 9. The van der Waals surface area contributed by atoms with Crippen molar-refractivity contribution in [3.63, 3.8) is 0 Å². The highest BCUT2D eigenvalue weighted by atomic mass is 28.3. The minimum absolute atomic E-state index is 0.0896. The number of anilines is 1. The molecule has 0 spiro atoms. The SMILES string of the molecule is C[Si](C)(C)CCOCn1cnc(-c2ccc(-c3cnn4ccc(N5C(=O)OC[C@@H]5c5ccc(F)cn5)nc34)cc2)n1. The van der Waals surface area contributed by atoms with E-state index in [1.54, 1.807) is 40.1 Å². The Morgan fingerprint density at radius 2 is 1.85 bits per heavy atom. The van der Waals surface area contributed by atoms with Crippen LogP contribution in [-0.4, -0.2) is 61.7 Å². The Labute approximate surface area is 236 Å². The number of nitrogens with zero attached hydrogens (tertiary/aromatic N) is 8. The minimum Gasteiger partial charge on any atom is -0.446 e. The largest absolute Gasteiger partial charge is 0.446 e. The quantitative estimate of drug-likeness (QED) is 0.175. The molecule has 1 amide bonds. The average Bonchev–Trinajstić information content (AvgIpc) is 3.69. The molecule has 1 fully saturated rings. The number of carbonyl (C=O) groups excluding carboxylic acids is 1. The van der Waals surface area contributed by atoms with E-state index < -0.39 is 26.0 Å². The van der Waals surface area contributed by atoms with Gasteiger partial charge in [0.2, 0.25) is 0 Å². The van der Waals surface area contributed by atoms with Gasteiger partial charge in [-0.05, 0) is 29.8 Å². The Kier molecular flexibility index (Phi) is 7.05. The smallest absolute Gasteiger partial charge is 0.416 e. The van der Waals surface area contributed by atoms with Crippen LogP contribution in [0.3, 0.4) is 0 Å². The van der Waals surface area contributed by atoms with Gasteiger partial charge in [0.15, 0.2) is 11.5 Å². The molecule has 11 nitrogen and oxygen atoms in total. The van der Waals surface area contributed by atoms with E-state index in [1.165, 1.54) is 11.0 Å². The summed E-state index contributed by atoms with van der Waals surface area (Å²) in [6.07, 6.45) is 5.71. The Bertz CT molecular complexity index is 1680. The van der Waals surface area contributed by atoms with Crippen LogP contribution >= 0.6 is 0 Å². The van der Waals surface area contributed by atoms with Crippen LogP contribution in [0, 0.1) is 5.82 Å². The van der Waals surface area contributed by atoms with Crippen LogP contribution in [0.4, 0.5) is 15.0 Å². The first-order valence-corrected chi connectivity index (χ1v) is 17.0. The maximum atomic E-state index is 13.4. The number of hydrogen-bond donors (Lipinski definition) is 0. The van der Waals surface area contributed by atoms with Gasteiger partial charge in [-0.1, -0.05) is 43.9 Å². The van der Waals surface area contributed by atoms with Crippen molar-refractivity contribution in [2.24, 2.45) is 0 Å². The van der Waals surface area contributed by atoms with Gasteiger partial charge in [-0.15, -0.1) is 5.10 Å². The van der Waals surface area contributed by atoms with Crippen molar-refractivity contribution in [1.29, 1.82) is 0 Å². The van der Waals surface area contributed by atoms with Crippen molar-refractivity contribution in [2.75, 3.05) is 18.1 Å². The molecule has 0 aliphatic carbocycles. The minimum atomic E-state index is -1.14. The molecule has 0 N–H and O–H groups in total. The Balaban J connectivity index is 1.21. The number of carbonyl (C=O) groups is 1. The first-order chi connectivity index (χ1) is 19.7. The van der Waals surface area contributed by atoms with Gasteiger partial charge in [-0.25, -0.2) is 33.3 Å². The van der Waals surface area contributed by atoms with Crippen LogP contribution in [0.1, 0.15) is 11.7 Å². The van der Waals surface area contributed by atoms with E-state index in [0.717, 1.165) is 35.5 Å². The van der Waals surface area contributed by atoms with Crippen LogP contribution in [0.5, 0.6) is 0 Å². The summed E-state index contributed by atoms with van der Waals surface area (Å²) >= 11 is 0. The zero-order chi connectivity index (χ0) is 28.6. The Hall–Kier alpha value is -4.49. The number of amides is 1. The second kappa shape index (κ2) is 10.8. The predicted molar refractivity (Wildman–Crippen MR) is 152 cm³/mol. The highest BCUT2D eigenvalue weighted by Crippen LogP contribution is 2.33. The molecule has 0 radical (unpaired) electrons.